The Balaban J connectivity index is 1.76. The van der Waals surface area contributed by atoms with Crippen LogP contribution >= 0.6 is 0 Å². The lowest BCUT2D eigenvalue weighted by Crippen LogP contribution is -2.53. The third kappa shape index (κ3) is 7.59. The largest absolute Gasteiger partial charge is 0.497 e. The third-order valence-corrected chi connectivity index (χ3v) is 9.09. The smallest absolute Gasteiger partial charge is 0.264 e. The molecule has 4 rings (SSSR count). The number of anilines is 1. The lowest BCUT2D eigenvalue weighted by Gasteiger charge is -2.34. The van der Waals surface area contributed by atoms with Crippen LogP contribution in [0.5, 0.6) is 17.2 Å². The molecule has 0 aliphatic carbocycles. The zero-order chi connectivity index (χ0) is 31.0. The van der Waals surface area contributed by atoms with E-state index >= 15 is 0 Å². The predicted molar refractivity (Wildman–Crippen MR) is 164 cm³/mol. The predicted octanol–water partition coefficient (Wildman–Crippen LogP) is 4.38. The van der Waals surface area contributed by atoms with Crippen molar-refractivity contribution in [1.82, 2.24) is 10.2 Å². The first-order valence-electron chi connectivity index (χ1n) is 14.4. The molecule has 3 aromatic rings. The van der Waals surface area contributed by atoms with E-state index in [9.17, 15) is 18.0 Å². The van der Waals surface area contributed by atoms with Crippen molar-refractivity contribution in [2.75, 3.05) is 31.2 Å². The number of fused-ring (bicyclic) bond motifs is 1. The second kappa shape index (κ2) is 14.3. The van der Waals surface area contributed by atoms with Crippen LogP contribution in [0.4, 0.5) is 5.69 Å². The maximum atomic E-state index is 14.3. The molecule has 0 aromatic heterocycles. The van der Waals surface area contributed by atoms with Crippen molar-refractivity contribution in [3.63, 3.8) is 0 Å². The SMILES string of the molecule is CCC(C)NC(=O)C(CC)N(Cc1cccc(OC)c1)C(=O)CN(c1ccc2c(c1)OCCO2)S(=O)(=O)c1ccccc1. The fourth-order valence-corrected chi connectivity index (χ4v) is 6.19. The number of benzene rings is 3. The summed E-state index contributed by atoms with van der Waals surface area (Å²) < 4.78 is 45.9. The Labute approximate surface area is 253 Å². The second-order valence-corrected chi connectivity index (χ2v) is 12.1. The number of ether oxygens (including phenoxy) is 3. The molecular weight excluding hydrogens is 570 g/mol. The lowest BCUT2D eigenvalue weighted by molar-refractivity contribution is -0.140. The Morgan fingerprint density at radius 2 is 1.65 bits per heavy atom. The Bertz CT molecular complexity index is 1510. The number of nitrogens with one attached hydrogen (secondary N) is 1. The Hall–Kier alpha value is -4.25. The van der Waals surface area contributed by atoms with E-state index in [4.69, 9.17) is 14.2 Å². The van der Waals surface area contributed by atoms with E-state index in [1.165, 1.54) is 17.0 Å². The van der Waals surface area contributed by atoms with Crippen LogP contribution in [0.15, 0.2) is 77.7 Å². The van der Waals surface area contributed by atoms with Gasteiger partial charge in [-0.15, -0.1) is 0 Å². The normalized spacial score (nSPS) is 13.9. The van der Waals surface area contributed by atoms with Gasteiger partial charge in [-0.2, -0.15) is 0 Å². The van der Waals surface area contributed by atoms with E-state index in [2.05, 4.69) is 5.32 Å². The maximum Gasteiger partial charge on any atom is 0.264 e. The highest BCUT2D eigenvalue weighted by Crippen LogP contribution is 2.36. The van der Waals surface area contributed by atoms with E-state index in [0.29, 0.717) is 36.9 Å². The van der Waals surface area contributed by atoms with E-state index in [1.54, 1.807) is 61.7 Å². The van der Waals surface area contributed by atoms with Crippen molar-refractivity contribution in [1.29, 1.82) is 0 Å². The zero-order valence-corrected chi connectivity index (χ0v) is 25.8. The van der Waals surface area contributed by atoms with Crippen molar-refractivity contribution < 1.29 is 32.2 Å². The molecule has 0 spiro atoms. The van der Waals surface area contributed by atoms with Crippen molar-refractivity contribution in [3.05, 3.63) is 78.4 Å². The summed E-state index contributed by atoms with van der Waals surface area (Å²) in [5, 5.41) is 2.98. The fourth-order valence-electron chi connectivity index (χ4n) is 4.76. The van der Waals surface area contributed by atoms with Crippen LogP contribution < -0.4 is 23.8 Å². The molecule has 0 bridgehead atoms. The van der Waals surface area contributed by atoms with E-state index < -0.39 is 28.5 Å². The van der Waals surface area contributed by atoms with Crippen LogP contribution in [-0.2, 0) is 26.2 Å². The molecule has 2 unspecified atom stereocenters. The van der Waals surface area contributed by atoms with Gasteiger partial charge in [0.1, 0.15) is 31.5 Å². The molecule has 1 aliphatic rings. The molecule has 0 saturated carbocycles. The first-order valence-corrected chi connectivity index (χ1v) is 15.8. The number of rotatable bonds is 13. The summed E-state index contributed by atoms with van der Waals surface area (Å²) in [5.41, 5.74) is 0.971. The molecule has 1 N–H and O–H groups in total. The number of amides is 2. The average molecular weight is 610 g/mol. The van der Waals surface area contributed by atoms with Gasteiger partial charge in [-0.1, -0.05) is 44.2 Å². The van der Waals surface area contributed by atoms with Gasteiger partial charge in [0, 0.05) is 18.7 Å². The Kier molecular flexibility index (Phi) is 10.5. The van der Waals surface area contributed by atoms with Gasteiger partial charge in [0.05, 0.1) is 17.7 Å². The van der Waals surface area contributed by atoms with Crippen LogP contribution in [0.1, 0.15) is 39.2 Å². The molecule has 10 nitrogen and oxygen atoms in total. The minimum Gasteiger partial charge on any atom is -0.497 e. The third-order valence-electron chi connectivity index (χ3n) is 7.30. The molecular formula is C32H39N3O7S. The minimum atomic E-state index is -4.20. The van der Waals surface area contributed by atoms with Crippen LogP contribution in [0.25, 0.3) is 0 Å². The Morgan fingerprint density at radius 1 is 0.930 bits per heavy atom. The monoisotopic (exact) mass is 609 g/mol. The van der Waals surface area contributed by atoms with E-state index in [1.807, 2.05) is 26.8 Å². The van der Waals surface area contributed by atoms with Crippen molar-refractivity contribution >= 4 is 27.5 Å². The molecule has 11 heteroatoms. The average Bonchev–Trinajstić information content (AvgIpc) is 3.03. The van der Waals surface area contributed by atoms with Gasteiger partial charge in [0.15, 0.2) is 11.5 Å². The highest BCUT2D eigenvalue weighted by molar-refractivity contribution is 7.92. The molecule has 1 aliphatic heterocycles. The topological polar surface area (TPSA) is 114 Å². The maximum absolute atomic E-state index is 14.3. The number of carbonyl (C=O) groups excluding carboxylic acids is 2. The summed E-state index contributed by atoms with van der Waals surface area (Å²) in [4.78, 5) is 29.2. The van der Waals surface area contributed by atoms with Gasteiger partial charge in [-0.25, -0.2) is 8.42 Å². The number of methoxy groups -OCH3 is 1. The first-order chi connectivity index (χ1) is 20.7. The van der Waals surface area contributed by atoms with Gasteiger partial charge >= 0.3 is 0 Å². The van der Waals surface area contributed by atoms with Crippen molar-refractivity contribution in [3.8, 4) is 17.2 Å². The summed E-state index contributed by atoms with van der Waals surface area (Å²) in [6.07, 6.45) is 1.05. The molecule has 2 amide bonds. The van der Waals surface area contributed by atoms with Crippen molar-refractivity contribution in [2.24, 2.45) is 0 Å². The van der Waals surface area contributed by atoms with Crippen LogP contribution in [0.2, 0.25) is 0 Å². The van der Waals surface area contributed by atoms with Gasteiger partial charge in [0.2, 0.25) is 11.8 Å². The molecule has 43 heavy (non-hydrogen) atoms. The van der Waals surface area contributed by atoms with Crippen molar-refractivity contribution in [2.45, 2.75) is 57.1 Å². The first kappa shape index (κ1) is 31.7. The standard InChI is InChI=1S/C32H39N3O7S/c1-5-23(3)33-32(37)28(6-2)34(21-24-11-10-12-26(19-24)40-4)31(36)22-35(43(38,39)27-13-8-7-9-14-27)25-15-16-29-30(20-25)42-18-17-41-29/h7-16,19-20,23,28H,5-6,17-18,21-22H2,1-4H3,(H,33,37). The summed E-state index contributed by atoms with van der Waals surface area (Å²) >= 11 is 0. The zero-order valence-electron chi connectivity index (χ0n) is 25.0. The quantitative estimate of drug-likeness (QED) is 0.306. The van der Waals surface area contributed by atoms with Crippen LogP contribution in [0.3, 0.4) is 0 Å². The number of carbonyl (C=O) groups is 2. The highest BCUT2D eigenvalue weighted by Gasteiger charge is 2.34. The molecule has 2 atom stereocenters. The molecule has 230 valence electrons. The summed E-state index contributed by atoms with van der Waals surface area (Å²) in [5.74, 6) is 0.641. The molecule has 3 aromatic carbocycles. The highest BCUT2D eigenvalue weighted by atomic mass is 32.2. The van der Waals surface area contributed by atoms with Crippen LogP contribution in [-0.4, -0.2) is 64.1 Å². The summed E-state index contributed by atoms with van der Waals surface area (Å²) in [7, 11) is -2.65. The van der Waals surface area contributed by atoms with Gasteiger partial charge in [0.25, 0.3) is 10.0 Å². The molecule has 1 heterocycles. The second-order valence-electron chi connectivity index (χ2n) is 10.3. The lowest BCUT2D eigenvalue weighted by atomic mass is 10.1. The van der Waals surface area contributed by atoms with Gasteiger partial charge in [-0.05, 0) is 61.7 Å². The van der Waals surface area contributed by atoms with E-state index in [-0.39, 0.29) is 29.1 Å². The Morgan fingerprint density at radius 3 is 2.33 bits per heavy atom. The number of nitrogens with zero attached hydrogens (tertiary/aromatic N) is 2. The fraction of sp³-hybridized carbons (Fsp3) is 0.375. The van der Waals surface area contributed by atoms with Crippen LogP contribution in [0, 0.1) is 0 Å². The number of sulfonamides is 1. The minimum absolute atomic E-state index is 0.0265. The summed E-state index contributed by atoms with van der Waals surface area (Å²) in [6.45, 7) is 5.91. The molecule has 0 fully saturated rings. The van der Waals surface area contributed by atoms with E-state index in [0.717, 1.165) is 16.3 Å². The number of hydrogen-bond acceptors (Lipinski definition) is 7. The summed E-state index contributed by atoms with van der Waals surface area (Å²) in [6, 6.07) is 19.0. The van der Waals surface area contributed by atoms with Gasteiger partial charge < -0.3 is 24.4 Å². The molecule has 0 radical (unpaired) electrons. The van der Waals surface area contributed by atoms with Gasteiger partial charge in [-0.3, -0.25) is 13.9 Å². The molecule has 0 saturated heterocycles. The number of hydrogen-bond donors (Lipinski definition) is 1.